The third-order valence-corrected chi connectivity index (χ3v) is 19.1. The number of rotatable bonds is 6. The van der Waals surface area contributed by atoms with Crippen molar-refractivity contribution in [2.45, 2.75) is 0 Å². The molecule has 21 aromatic rings. The van der Waals surface area contributed by atoms with E-state index in [-0.39, 0.29) is 0 Å². The molecule has 414 valence electrons. The number of benzene rings is 17. The van der Waals surface area contributed by atoms with Crippen molar-refractivity contribution in [3.8, 4) is 57.1 Å². The van der Waals surface area contributed by atoms with Gasteiger partial charge in [0, 0.05) is 60.0 Å². The Morgan fingerprint density at radius 3 is 1.10 bits per heavy atom. The predicted molar refractivity (Wildman–Crippen MR) is 375 cm³/mol. The summed E-state index contributed by atoms with van der Waals surface area (Å²) in [5.41, 5.74) is 11.5. The third kappa shape index (κ3) is 6.80. The summed E-state index contributed by atoms with van der Waals surface area (Å²) >= 11 is 0. The maximum atomic E-state index is 5.28. The first-order chi connectivity index (χ1) is 44.7. The van der Waals surface area contributed by atoms with Crippen LogP contribution in [-0.2, 0) is 0 Å². The molecule has 0 bridgehead atoms. The van der Waals surface area contributed by atoms with Gasteiger partial charge in [0.05, 0.1) is 39.0 Å². The summed E-state index contributed by atoms with van der Waals surface area (Å²) in [6.07, 6.45) is 0. The summed E-state index contributed by atoms with van der Waals surface area (Å²) in [7, 11) is 0. The van der Waals surface area contributed by atoms with Gasteiger partial charge in [0.1, 0.15) is 0 Å². The molecule has 0 unspecified atom stereocenters. The zero-order valence-electron chi connectivity index (χ0n) is 48.3. The molecule has 0 aliphatic heterocycles. The Morgan fingerprint density at radius 1 is 0.200 bits per heavy atom. The van der Waals surface area contributed by atoms with Gasteiger partial charge in [0.15, 0.2) is 17.5 Å². The van der Waals surface area contributed by atoms with Crippen molar-refractivity contribution in [3.63, 3.8) is 0 Å². The fraction of sp³-hybridized carbons (Fsp3) is 0. The highest BCUT2D eigenvalue weighted by Crippen LogP contribution is 2.52. The second-order valence-electron chi connectivity index (χ2n) is 23.7. The third-order valence-electron chi connectivity index (χ3n) is 19.1. The molecule has 0 spiro atoms. The fourth-order valence-electron chi connectivity index (χ4n) is 15.4. The Bertz CT molecular complexity index is 6390. The molecule has 0 amide bonds. The van der Waals surface area contributed by atoms with Crippen molar-refractivity contribution >= 4 is 141 Å². The van der Waals surface area contributed by atoms with Gasteiger partial charge in [0.25, 0.3) is 0 Å². The summed E-state index contributed by atoms with van der Waals surface area (Å²) < 4.78 is 4.70. The average molecular weight is 1140 g/mol. The minimum atomic E-state index is 0.641. The van der Waals surface area contributed by atoms with Crippen LogP contribution in [0, 0.1) is 0 Å². The second kappa shape index (κ2) is 18.7. The molecule has 0 saturated carbocycles. The molecule has 0 aliphatic rings. The Balaban J connectivity index is 0.000000128. The highest BCUT2D eigenvalue weighted by Gasteiger charge is 2.28. The molecule has 17 aromatic carbocycles. The summed E-state index contributed by atoms with van der Waals surface area (Å²) in [6.45, 7) is 0. The van der Waals surface area contributed by atoms with Crippen LogP contribution in [0.15, 0.2) is 285 Å². The number of hydrogen-bond donors (Lipinski definition) is 0. The van der Waals surface area contributed by atoms with E-state index in [1.54, 1.807) is 0 Å². The van der Waals surface area contributed by atoms with E-state index in [1.165, 1.54) is 119 Å². The standard InChI is InChI=1S/C45H26N4.C38H21N3/c1-3-13-27(14-4-1)43-46-44(28-15-5-2-6-16-28)48-45(47-43)35-19-9-10-23-36(35)49-37-24-12-22-33-32-21-11-20-31-29-17-7-8-18-30(29)34-25-26-38(49)42(40(33)37)41(34)39(31)32;1-2-10-22(11-3-1)37-29-14-6-7-18-30(29)39-38(40-37)41-31-19-9-17-27-26-16-8-15-25-23-12-4-5-13-24(23)28-20-21-32(41)36(34(27)31)35(28)33(25)26/h1-26H;1-21H. The lowest BCUT2D eigenvalue weighted by Crippen LogP contribution is -2.03. The monoisotopic (exact) mass is 1140 g/mol. The van der Waals surface area contributed by atoms with Gasteiger partial charge >= 0.3 is 0 Å². The van der Waals surface area contributed by atoms with Crippen LogP contribution in [0.4, 0.5) is 0 Å². The SMILES string of the molecule is c1ccc(-c2nc(-c3ccccc3)nc(-c3ccccc3-n3c4cccc5c6cccc7c8ccccc8c8ccc3c(c8c76)c54)n2)cc1.c1ccc(-c2nc(-n3c4cccc5c6cccc7c8ccccc8c8ccc3c(c8c76)c54)nc3ccccc23)cc1. The molecule has 4 heterocycles. The van der Waals surface area contributed by atoms with Crippen LogP contribution in [0.1, 0.15) is 0 Å². The van der Waals surface area contributed by atoms with Gasteiger partial charge in [-0.3, -0.25) is 4.57 Å². The predicted octanol–water partition coefficient (Wildman–Crippen LogP) is 21.3. The molecule has 0 radical (unpaired) electrons. The summed E-state index contributed by atoms with van der Waals surface area (Å²) in [6, 6.07) is 101. The van der Waals surface area contributed by atoms with Gasteiger partial charge in [-0.1, -0.05) is 243 Å². The molecule has 0 fully saturated rings. The minimum Gasteiger partial charge on any atom is -0.308 e. The molecular weight excluding hydrogens is 1090 g/mol. The molecule has 90 heavy (non-hydrogen) atoms. The minimum absolute atomic E-state index is 0.641. The Labute approximate surface area is 514 Å². The molecule has 7 nitrogen and oxygen atoms in total. The normalized spacial score (nSPS) is 12.2. The van der Waals surface area contributed by atoms with Crippen LogP contribution in [0.5, 0.6) is 0 Å². The van der Waals surface area contributed by atoms with Gasteiger partial charge in [0.2, 0.25) is 5.95 Å². The Morgan fingerprint density at radius 2 is 0.567 bits per heavy atom. The molecular formula is C83H47N7. The van der Waals surface area contributed by atoms with Gasteiger partial charge in [-0.2, -0.15) is 0 Å². The molecule has 0 N–H and O–H groups in total. The maximum Gasteiger partial charge on any atom is 0.235 e. The van der Waals surface area contributed by atoms with Crippen LogP contribution in [0.3, 0.4) is 0 Å². The van der Waals surface area contributed by atoms with Gasteiger partial charge in [-0.05, 0) is 118 Å². The van der Waals surface area contributed by atoms with Crippen molar-refractivity contribution in [2.24, 2.45) is 0 Å². The maximum absolute atomic E-state index is 5.28. The van der Waals surface area contributed by atoms with E-state index in [0.717, 1.165) is 55.6 Å². The van der Waals surface area contributed by atoms with Gasteiger partial charge < -0.3 is 4.57 Å². The highest BCUT2D eigenvalue weighted by molar-refractivity contribution is 6.46. The van der Waals surface area contributed by atoms with E-state index in [9.17, 15) is 0 Å². The van der Waals surface area contributed by atoms with Crippen molar-refractivity contribution in [3.05, 3.63) is 285 Å². The molecule has 0 atom stereocenters. The molecule has 7 heteroatoms. The first-order valence-electron chi connectivity index (χ1n) is 30.7. The number of fused-ring (bicyclic) bond motifs is 9. The van der Waals surface area contributed by atoms with Crippen LogP contribution in [0.2, 0.25) is 0 Å². The summed E-state index contributed by atoms with van der Waals surface area (Å²) in [5.74, 6) is 2.64. The van der Waals surface area contributed by atoms with E-state index < -0.39 is 0 Å². The van der Waals surface area contributed by atoms with Crippen LogP contribution >= 0.6 is 0 Å². The lowest BCUT2D eigenvalue weighted by Gasteiger charge is -2.16. The van der Waals surface area contributed by atoms with E-state index in [0.29, 0.717) is 23.4 Å². The number of aromatic nitrogens is 7. The fourth-order valence-corrected chi connectivity index (χ4v) is 15.4. The van der Waals surface area contributed by atoms with Gasteiger partial charge in [-0.25, -0.2) is 24.9 Å². The van der Waals surface area contributed by atoms with Crippen molar-refractivity contribution in [1.82, 2.24) is 34.1 Å². The van der Waals surface area contributed by atoms with Crippen LogP contribution in [-0.4, -0.2) is 34.1 Å². The molecule has 0 aliphatic carbocycles. The van der Waals surface area contributed by atoms with Crippen molar-refractivity contribution in [1.29, 1.82) is 0 Å². The summed E-state index contributed by atoms with van der Waals surface area (Å²) in [4.78, 5) is 25.7. The lowest BCUT2D eigenvalue weighted by molar-refractivity contribution is 1.01. The molecule has 4 aromatic heterocycles. The quantitative estimate of drug-likeness (QED) is 0.122. The molecule has 0 saturated heterocycles. The van der Waals surface area contributed by atoms with Crippen LogP contribution < -0.4 is 0 Å². The van der Waals surface area contributed by atoms with Gasteiger partial charge in [-0.15, -0.1) is 0 Å². The topological polar surface area (TPSA) is 74.3 Å². The second-order valence-corrected chi connectivity index (χ2v) is 23.7. The zero-order valence-corrected chi connectivity index (χ0v) is 48.3. The molecule has 21 rings (SSSR count). The smallest absolute Gasteiger partial charge is 0.235 e. The number of hydrogen-bond acceptors (Lipinski definition) is 5. The van der Waals surface area contributed by atoms with E-state index in [2.05, 4.69) is 252 Å². The summed E-state index contributed by atoms with van der Waals surface area (Å²) in [5, 5.41) is 27.1. The first kappa shape index (κ1) is 49.0. The largest absolute Gasteiger partial charge is 0.308 e. The van der Waals surface area contributed by atoms with Crippen molar-refractivity contribution in [2.75, 3.05) is 0 Å². The Hall–Kier alpha value is -12.2. The lowest BCUT2D eigenvalue weighted by atomic mass is 9.86. The van der Waals surface area contributed by atoms with Crippen molar-refractivity contribution < 1.29 is 0 Å². The Kier molecular flexibility index (Phi) is 10.2. The van der Waals surface area contributed by atoms with E-state index in [1.807, 2.05) is 42.5 Å². The first-order valence-corrected chi connectivity index (χ1v) is 30.7. The average Bonchev–Trinajstić information content (AvgIpc) is 1.74. The number of para-hydroxylation sites is 2. The van der Waals surface area contributed by atoms with Crippen LogP contribution in [0.25, 0.3) is 198 Å². The zero-order chi connectivity index (χ0) is 58.7. The van der Waals surface area contributed by atoms with E-state index >= 15 is 0 Å². The number of nitrogens with zero attached hydrogens (tertiary/aromatic N) is 7. The van der Waals surface area contributed by atoms with E-state index in [4.69, 9.17) is 24.9 Å². The highest BCUT2D eigenvalue weighted by atomic mass is 15.2.